The van der Waals surface area contributed by atoms with Crippen LogP contribution in [0.2, 0.25) is 0 Å². The average molecular weight is 363 g/mol. The Bertz CT molecular complexity index is 952. The molecular formula is C24H30N2O. The van der Waals surface area contributed by atoms with Crippen LogP contribution < -0.4 is 4.74 Å². The van der Waals surface area contributed by atoms with Crippen LogP contribution in [0.5, 0.6) is 5.75 Å². The van der Waals surface area contributed by atoms with E-state index in [4.69, 9.17) is 9.72 Å². The van der Waals surface area contributed by atoms with Gasteiger partial charge in [-0.3, -0.25) is 0 Å². The highest BCUT2D eigenvalue weighted by Gasteiger charge is 2.34. The van der Waals surface area contributed by atoms with E-state index in [2.05, 4.69) is 55.7 Å². The molecule has 1 aliphatic carbocycles. The fourth-order valence-electron chi connectivity index (χ4n) is 4.42. The van der Waals surface area contributed by atoms with Crippen molar-refractivity contribution in [3.05, 3.63) is 47.8 Å². The van der Waals surface area contributed by atoms with Crippen molar-refractivity contribution in [2.75, 3.05) is 7.11 Å². The molecule has 0 N–H and O–H groups in total. The molecule has 1 fully saturated rings. The summed E-state index contributed by atoms with van der Waals surface area (Å²) < 4.78 is 7.95. The molecule has 3 nitrogen and oxygen atoms in total. The number of imidazole rings is 1. The van der Waals surface area contributed by atoms with Crippen LogP contribution in [-0.4, -0.2) is 16.7 Å². The van der Waals surface area contributed by atoms with E-state index in [1.807, 2.05) is 6.07 Å². The summed E-state index contributed by atoms with van der Waals surface area (Å²) in [6, 6.07) is 13.6. The fraction of sp³-hybridized carbons (Fsp3) is 0.458. The molecule has 3 heteroatoms. The number of fused-ring (bicyclic) bond motifs is 1. The first-order chi connectivity index (χ1) is 13.2. The first-order valence-corrected chi connectivity index (χ1v) is 10.3. The molecule has 1 aliphatic rings. The summed E-state index contributed by atoms with van der Waals surface area (Å²) in [6.45, 7) is 6.68. The maximum atomic E-state index is 5.39. The first-order valence-electron chi connectivity index (χ1n) is 10.3. The molecule has 2 aromatic carbocycles. The van der Waals surface area contributed by atoms with Crippen LogP contribution in [0.25, 0.3) is 22.2 Å². The highest BCUT2D eigenvalue weighted by Crippen LogP contribution is 2.45. The third kappa shape index (κ3) is 3.24. The summed E-state index contributed by atoms with van der Waals surface area (Å²) >= 11 is 0. The number of hydrogen-bond donors (Lipinski definition) is 0. The van der Waals surface area contributed by atoms with Gasteiger partial charge in [0.1, 0.15) is 11.6 Å². The van der Waals surface area contributed by atoms with Crippen molar-refractivity contribution in [1.29, 1.82) is 0 Å². The van der Waals surface area contributed by atoms with Crippen LogP contribution in [0.4, 0.5) is 0 Å². The van der Waals surface area contributed by atoms with Crippen molar-refractivity contribution >= 4 is 11.0 Å². The van der Waals surface area contributed by atoms with Crippen LogP contribution >= 0.6 is 0 Å². The molecule has 0 aliphatic heterocycles. The normalized spacial score (nSPS) is 15.3. The van der Waals surface area contributed by atoms with Gasteiger partial charge in [0, 0.05) is 18.0 Å². The summed E-state index contributed by atoms with van der Waals surface area (Å²) in [5.41, 5.74) is 6.13. The Kier molecular flexibility index (Phi) is 4.94. The minimum Gasteiger partial charge on any atom is -0.497 e. The Labute approximate surface area is 162 Å². The van der Waals surface area contributed by atoms with E-state index in [1.54, 1.807) is 7.11 Å². The second kappa shape index (κ2) is 7.38. The van der Waals surface area contributed by atoms with Crippen LogP contribution in [0.1, 0.15) is 57.0 Å². The van der Waals surface area contributed by atoms with Gasteiger partial charge in [-0.25, -0.2) is 4.98 Å². The predicted molar refractivity (Wildman–Crippen MR) is 113 cm³/mol. The van der Waals surface area contributed by atoms with Gasteiger partial charge in [0.05, 0.1) is 18.1 Å². The summed E-state index contributed by atoms with van der Waals surface area (Å²) in [5, 5.41) is 0. The number of nitrogens with zero attached hydrogens (tertiary/aromatic N) is 2. The highest BCUT2D eigenvalue weighted by molar-refractivity contribution is 5.93. The van der Waals surface area contributed by atoms with E-state index in [9.17, 15) is 0 Å². The lowest BCUT2D eigenvalue weighted by molar-refractivity contribution is 0.409. The topological polar surface area (TPSA) is 27.1 Å². The Morgan fingerprint density at radius 1 is 1.15 bits per heavy atom. The molecule has 142 valence electrons. The molecule has 1 unspecified atom stereocenters. The zero-order valence-electron chi connectivity index (χ0n) is 17.0. The number of methoxy groups -OCH3 is 1. The molecule has 0 saturated heterocycles. The molecule has 0 radical (unpaired) electrons. The van der Waals surface area contributed by atoms with Crippen LogP contribution in [0, 0.1) is 12.8 Å². The quantitative estimate of drug-likeness (QED) is 0.491. The van der Waals surface area contributed by atoms with Crippen LogP contribution in [0.3, 0.4) is 0 Å². The van der Waals surface area contributed by atoms with Gasteiger partial charge in [0.15, 0.2) is 0 Å². The third-order valence-electron chi connectivity index (χ3n) is 5.92. The average Bonchev–Trinajstić information content (AvgIpc) is 3.46. The number of aryl methyl sites for hydroxylation is 2. The maximum absolute atomic E-state index is 5.39. The van der Waals surface area contributed by atoms with Crippen molar-refractivity contribution in [2.24, 2.45) is 5.92 Å². The molecule has 27 heavy (non-hydrogen) atoms. The molecule has 1 aromatic heterocycles. The molecule has 0 bridgehead atoms. The van der Waals surface area contributed by atoms with Gasteiger partial charge in [-0.15, -0.1) is 0 Å². The fourth-order valence-corrected chi connectivity index (χ4v) is 4.42. The van der Waals surface area contributed by atoms with E-state index < -0.39 is 0 Å². The second-order valence-corrected chi connectivity index (χ2v) is 7.80. The zero-order chi connectivity index (χ0) is 19.0. The van der Waals surface area contributed by atoms with Gasteiger partial charge < -0.3 is 9.30 Å². The lowest BCUT2D eigenvalue weighted by atomic mass is 9.99. The number of benzene rings is 2. The SMILES string of the molecule is CCCC(C1CC1)n1c(CC)nc2c(-c3ccc(OC)cc3C)cccc21. The molecule has 1 saturated carbocycles. The molecule has 3 aromatic rings. The monoisotopic (exact) mass is 362 g/mol. The summed E-state index contributed by atoms with van der Waals surface area (Å²) in [7, 11) is 1.72. The molecular weight excluding hydrogens is 332 g/mol. The minimum atomic E-state index is 0.599. The lowest BCUT2D eigenvalue weighted by Gasteiger charge is -2.21. The Balaban J connectivity index is 1.89. The molecule has 1 heterocycles. The van der Waals surface area contributed by atoms with Gasteiger partial charge in [-0.1, -0.05) is 38.5 Å². The molecule has 0 spiro atoms. The van der Waals surface area contributed by atoms with Gasteiger partial charge in [-0.2, -0.15) is 0 Å². The van der Waals surface area contributed by atoms with Crippen molar-refractivity contribution < 1.29 is 4.74 Å². The van der Waals surface area contributed by atoms with Crippen LogP contribution in [-0.2, 0) is 6.42 Å². The van der Waals surface area contributed by atoms with Crippen molar-refractivity contribution in [2.45, 2.75) is 58.9 Å². The number of rotatable bonds is 7. The highest BCUT2D eigenvalue weighted by atomic mass is 16.5. The van der Waals surface area contributed by atoms with E-state index in [0.717, 1.165) is 23.6 Å². The second-order valence-electron chi connectivity index (χ2n) is 7.80. The predicted octanol–water partition coefficient (Wildman–Crippen LogP) is 6.33. The molecule has 0 amide bonds. The van der Waals surface area contributed by atoms with Gasteiger partial charge in [-0.05, 0) is 61.4 Å². The summed E-state index contributed by atoms with van der Waals surface area (Å²) in [6.07, 6.45) is 6.17. The number of ether oxygens (including phenoxy) is 1. The van der Waals surface area contributed by atoms with Crippen molar-refractivity contribution in [3.8, 4) is 16.9 Å². The molecule has 4 rings (SSSR count). The standard InChI is InChI=1S/C24H30N2O/c1-5-8-21(17-11-12-17)26-22-10-7-9-20(24(22)25-23(26)6-2)19-14-13-18(27-4)15-16(19)3/h7,9-10,13-15,17,21H,5-6,8,11-12H2,1-4H3. The van der Waals surface area contributed by atoms with E-state index in [1.165, 1.54) is 53.7 Å². The van der Waals surface area contributed by atoms with E-state index >= 15 is 0 Å². The Morgan fingerprint density at radius 3 is 2.59 bits per heavy atom. The van der Waals surface area contributed by atoms with E-state index in [-0.39, 0.29) is 0 Å². The molecule has 1 atom stereocenters. The maximum Gasteiger partial charge on any atom is 0.119 e. The number of hydrogen-bond acceptors (Lipinski definition) is 2. The zero-order valence-corrected chi connectivity index (χ0v) is 17.0. The van der Waals surface area contributed by atoms with Crippen molar-refractivity contribution in [1.82, 2.24) is 9.55 Å². The lowest BCUT2D eigenvalue weighted by Crippen LogP contribution is -2.14. The first kappa shape index (κ1) is 18.1. The third-order valence-corrected chi connectivity index (χ3v) is 5.92. The smallest absolute Gasteiger partial charge is 0.119 e. The largest absolute Gasteiger partial charge is 0.497 e. The van der Waals surface area contributed by atoms with Gasteiger partial charge in [0.25, 0.3) is 0 Å². The van der Waals surface area contributed by atoms with Crippen LogP contribution in [0.15, 0.2) is 36.4 Å². The van der Waals surface area contributed by atoms with E-state index in [0.29, 0.717) is 6.04 Å². The Hall–Kier alpha value is -2.29. The van der Waals surface area contributed by atoms with Gasteiger partial charge >= 0.3 is 0 Å². The Morgan fingerprint density at radius 2 is 1.96 bits per heavy atom. The van der Waals surface area contributed by atoms with Crippen molar-refractivity contribution in [3.63, 3.8) is 0 Å². The summed E-state index contributed by atoms with van der Waals surface area (Å²) in [5.74, 6) is 2.97. The minimum absolute atomic E-state index is 0.599. The van der Waals surface area contributed by atoms with Gasteiger partial charge in [0.2, 0.25) is 0 Å². The number of para-hydroxylation sites is 1. The summed E-state index contributed by atoms with van der Waals surface area (Å²) in [4.78, 5) is 5.14. The number of aromatic nitrogens is 2.